The first kappa shape index (κ1) is 17.6. The molecule has 2 aromatic heterocycles. The molecule has 0 aliphatic carbocycles. The Balaban J connectivity index is 1.77. The van der Waals surface area contributed by atoms with E-state index in [2.05, 4.69) is 19.9 Å². The van der Waals surface area contributed by atoms with Crippen LogP contribution in [-0.2, 0) is 20.7 Å². The zero-order valence-electron chi connectivity index (χ0n) is 13.8. The molecule has 0 bridgehead atoms. The first-order valence-electron chi connectivity index (χ1n) is 7.64. The van der Waals surface area contributed by atoms with Gasteiger partial charge in [0, 0.05) is 50.8 Å². The summed E-state index contributed by atoms with van der Waals surface area (Å²) in [5.41, 5.74) is 0.811. The quantitative estimate of drug-likeness (QED) is 0.675. The van der Waals surface area contributed by atoms with Gasteiger partial charge in [-0.25, -0.2) is 0 Å². The van der Waals surface area contributed by atoms with Gasteiger partial charge in [-0.1, -0.05) is 5.16 Å². The minimum atomic E-state index is -0.273. The minimum absolute atomic E-state index is 0.0384. The number of ether oxygens (including phenoxy) is 1. The summed E-state index contributed by atoms with van der Waals surface area (Å²) >= 11 is 0. The maximum absolute atomic E-state index is 12.1. The molecule has 2 rings (SSSR count). The van der Waals surface area contributed by atoms with Gasteiger partial charge in [0.15, 0.2) is 0 Å². The Morgan fingerprint density at radius 3 is 2.71 bits per heavy atom. The number of methoxy groups -OCH3 is 1. The molecule has 0 aliphatic heterocycles. The Hall–Kier alpha value is -2.77. The third-order valence-electron chi connectivity index (χ3n) is 3.49. The molecule has 24 heavy (non-hydrogen) atoms. The van der Waals surface area contributed by atoms with Crippen molar-refractivity contribution in [3.63, 3.8) is 0 Å². The van der Waals surface area contributed by atoms with E-state index in [0.29, 0.717) is 37.5 Å². The number of hydrogen-bond acceptors (Lipinski definition) is 7. The molecule has 0 saturated carbocycles. The van der Waals surface area contributed by atoms with Crippen molar-refractivity contribution in [3.05, 3.63) is 30.4 Å². The lowest BCUT2D eigenvalue weighted by atomic mass is 10.2. The molecular formula is C16H20N4O4. The van der Waals surface area contributed by atoms with Crippen LogP contribution in [0.4, 0.5) is 0 Å². The molecule has 0 aliphatic rings. The van der Waals surface area contributed by atoms with Crippen molar-refractivity contribution in [1.82, 2.24) is 20.0 Å². The van der Waals surface area contributed by atoms with Crippen LogP contribution in [0.15, 0.2) is 29.0 Å². The molecule has 8 nitrogen and oxygen atoms in total. The van der Waals surface area contributed by atoms with E-state index >= 15 is 0 Å². The predicted octanol–water partition coefficient (Wildman–Crippen LogP) is 1.48. The lowest BCUT2D eigenvalue weighted by Gasteiger charge is -2.16. The summed E-state index contributed by atoms with van der Waals surface area (Å²) < 4.78 is 9.73. The van der Waals surface area contributed by atoms with Crippen molar-refractivity contribution in [1.29, 1.82) is 0 Å². The number of esters is 1. The second-order valence-corrected chi connectivity index (χ2v) is 5.24. The van der Waals surface area contributed by atoms with Crippen molar-refractivity contribution < 1.29 is 18.8 Å². The van der Waals surface area contributed by atoms with Crippen molar-refractivity contribution in [2.75, 3.05) is 20.7 Å². The van der Waals surface area contributed by atoms with Crippen molar-refractivity contribution in [3.8, 4) is 11.4 Å². The summed E-state index contributed by atoms with van der Waals surface area (Å²) in [4.78, 5) is 32.9. The van der Waals surface area contributed by atoms with Crippen LogP contribution in [0.5, 0.6) is 0 Å². The van der Waals surface area contributed by atoms with Crippen LogP contribution in [0.2, 0.25) is 0 Å². The number of pyridine rings is 1. The van der Waals surface area contributed by atoms with Gasteiger partial charge in [-0.05, 0) is 18.6 Å². The molecular weight excluding hydrogens is 312 g/mol. The van der Waals surface area contributed by atoms with Crippen LogP contribution in [0.1, 0.15) is 25.2 Å². The van der Waals surface area contributed by atoms with Gasteiger partial charge < -0.3 is 14.2 Å². The molecule has 0 saturated heterocycles. The molecule has 0 unspecified atom stereocenters. The number of rotatable bonds is 8. The first-order valence-corrected chi connectivity index (χ1v) is 7.64. The molecule has 128 valence electrons. The molecule has 0 N–H and O–H groups in total. The Morgan fingerprint density at radius 1 is 1.25 bits per heavy atom. The highest BCUT2D eigenvalue weighted by atomic mass is 16.5. The topological polar surface area (TPSA) is 98.4 Å². The Bertz CT molecular complexity index is 672. The van der Waals surface area contributed by atoms with E-state index in [-0.39, 0.29) is 18.3 Å². The van der Waals surface area contributed by atoms with Crippen molar-refractivity contribution >= 4 is 11.9 Å². The molecule has 0 spiro atoms. The van der Waals surface area contributed by atoms with E-state index in [0.717, 1.165) is 5.56 Å². The molecule has 0 fully saturated rings. The number of aryl methyl sites for hydroxylation is 1. The third kappa shape index (κ3) is 5.15. The van der Waals surface area contributed by atoms with Gasteiger partial charge in [-0.15, -0.1) is 0 Å². The maximum atomic E-state index is 12.1. The van der Waals surface area contributed by atoms with Gasteiger partial charge in [0.2, 0.25) is 17.6 Å². The SMILES string of the molecule is COC(=O)CCCN(C)C(=O)CCc1nc(-c2ccncc2)no1. The number of amides is 1. The van der Waals surface area contributed by atoms with Gasteiger partial charge in [0.25, 0.3) is 0 Å². The van der Waals surface area contributed by atoms with Gasteiger partial charge in [0.1, 0.15) is 0 Å². The maximum Gasteiger partial charge on any atom is 0.305 e. The average Bonchev–Trinajstić information content (AvgIpc) is 3.09. The Kier molecular flexibility index (Phi) is 6.41. The van der Waals surface area contributed by atoms with Crippen LogP contribution >= 0.6 is 0 Å². The minimum Gasteiger partial charge on any atom is -0.469 e. The van der Waals surface area contributed by atoms with Crippen molar-refractivity contribution in [2.45, 2.75) is 25.7 Å². The summed E-state index contributed by atoms with van der Waals surface area (Å²) in [6.07, 6.45) is 4.82. The zero-order valence-corrected chi connectivity index (χ0v) is 13.8. The number of carbonyl (C=O) groups excluding carboxylic acids is 2. The van der Waals surface area contributed by atoms with E-state index < -0.39 is 0 Å². The van der Waals surface area contributed by atoms with E-state index in [4.69, 9.17) is 4.52 Å². The summed E-state index contributed by atoms with van der Waals surface area (Å²) in [5.74, 6) is 0.582. The van der Waals surface area contributed by atoms with E-state index in [1.165, 1.54) is 7.11 Å². The van der Waals surface area contributed by atoms with Crippen LogP contribution in [0.25, 0.3) is 11.4 Å². The average molecular weight is 332 g/mol. The second-order valence-electron chi connectivity index (χ2n) is 5.24. The zero-order chi connectivity index (χ0) is 17.4. The summed E-state index contributed by atoms with van der Waals surface area (Å²) in [7, 11) is 3.05. The molecule has 8 heteroatoms. The smallest absolute Gasteiger partial charge is 0.305 e. The third-order valence-corrected chi connectivity index (χ3v) is 3.49. The first-order chi connectivity index (χ1) is 11.6. The molecule has 0 radical (unpaired) electrons. The lowest BCUT2D eigenvalue weighted by Crippen LogP contribution is -2.28. The second kappa shape index (κ2) is 8.76. The number of aromatic nitrogens is 3. The van der Waals surface area contributed by atoms with Crippen LogP contribution in [0.3, 0.4) is 0 Å². The van der Waals surface area contributed by atoms with E-state index in [1.54, 1.807) is 36.5 Å². The summed E-state index contributed by atoms with van der Waals surface area (Å²) in [6.45, 7) is 0.500. The number of carbonyl (C=O) groups is 2. The molecule has 1 amide bonds. The highest BCUT2D eigenvalue weighted by molar-refractivity contribution is 5.76. The van der Waals surface area contributed by atoms with Crippen molar-refractivity contribution in [2.24, 2.45) is 0 Å². The Labute approximate surface area is 139 Å². The van der Waals surface area contributed by atoms with Gasteiger partial charge in [0.05, 0.1) is 7.11 Å². The largest absolute Gasteiger partial charge is 0.469 e. The summed E-state index contributed by atoms with van der Waals surface area (Å²) in [6, 6.07) is 3.57. The fraction of sp³-hybridized carbons (Fsp3) is 0.438. The number of hydrogen-bond donors (Lipinski definition) is 0. The monoisotopic (exact) mass is 332 g/mol. The van der Waals surface area contributed by atoms with E-state index in [1.807, 2.05) is 0 Å². The van der Waals surface area contributed by atoms with Crippen LogP contribution < -0.4 is 0 Å². The predicted molar refractivity (Wildman–Crippen MR) is 84.7 cm³/mol. The molecule has 2 aromatic rings. The van der Waals surface area contributed by atoms with Crippen LogP contribution in [-0.4, -0.2) is 52.6 Å². The molecule has 2 heterocycles. The van der Waals surface area contributed by atoms with Crippen LogP contribution in [0, 0.1) is 0 Å². The van der Waals surface area contributed by atoms with E-state index in [9.17, 15) is 9.59 Å². The normalized spacial score (nSPS) is 10.4. The van der Waals surface area contributed by atoms with Gasteiger partial charge in [-0.3, -0.25) is 14.6 Å². The van der Waals surface area contributed by atoms with Gasteiger partial charge in [-0.2, -0.15) is 4.98 Å². The number of nitrogens with zero attached hydrogens (tertiary/aromatic N) is 4. The Morgan fingerprint density at radius 2 is 2.00 bits per heavy atom. The molecule has 0 atom stereocenters. The lowest BCUT2D eigenvalue weighted by molar-refractivity contribution is -0.141. The van der Waals surface area contributed by atoms with Gasteiger partial charge >= 0.3 is 5.97 Å². The fourth-order valence-electron chi connectivity index (χ4n) is 2.07. The highest BCUT2D eigenvalue weighted by Crippen LogP contribution is 2.14. The highest BCUT2D eigenvalue weighted by Gasteiger charge is 2.13. The summed E-state index contributed by atoms with van der Waals surface area (Å²) in [5, 5.41) is 3.90. The molecule has 0 aromatic carbocycles. The fourth-order valence-corrected chi connectivity index (χ4v) is 2.07. The standard InChI is InChI=1S/C16H20N4O4/c1-20(11-3-4-15(22)23-2)14(21)6-5-13-18-16(19-24-13)12-7-9-17-10-8-12/h7-10H,3-6,11H2,1-2H3.